The maximum absolute atomic E-state index is 11.4. The van der Waals surface area contributed by atoms with E-state index < -0.39 is 18.2 Å². The van der Waals surface area contributed by atoms with Crippen molar-refractivity contribution in [3.63, 3.8) is 0 Å². The number of hydrogen-bond acceptors (Lipinski definition) is 5. The number of carbonyl (C=O) groups is 1. The number of hydrogen-bond donors (Lipinski definition) is 3. The van der Waals surface area contributed by atoms with E-state index in [9.17, 15) is 20.1 Å². The van der Waals surface area contributed by atoms with Crippen molar-refractivity contribution in [2.45, 2.75) is 26.1 Å². The minimum absolute atomic E-state index is 0.000326. The lowest BCUT2D eigenvalue weighted by atomic mass is 10.0. The smallest absolute Gasteiger partial charge is 0.339 e. The summed E-state index contributed by atoms with van der Waals surface area (Å²) in [4.78, 5) is 11.4. The quantitative estimate of drug-likeness (QED) is 0.722. The lowest BCUT2D eigenvalue weighted by molar-refractivity contribution is 0.0686. The fraction of sp³-hybridized carbons (Fsp3) is 0.353. The highest BCUT2D eigenvalue weighted by molar-refractivity contribution is 6.01. The Bertz CT molecular complexity index is 693. The zero-order valence-electron chi connectivity index (χ0n) is 13.0. The summed E-state index contributed by atoms with van der Waals surface area (Å²) in [6, 6.07) is 8.27. The van der Waals surface area contributed by atoms with Crippen LogP contribution < -0.4 is 9.47 Å². The Morgan fingerprint density at radius 2 is 1.70 bits per heavy atom. The van der Waals surface area contributed by atoms with E-state index in [1.807, 2.05) is 0 Å². The van der Waals surface area contributed by atoms with Crippen molar-refractivity contribution in [1.82, 2.24) is 0 Å². The Labute approximate surface area is 133 Å². The fourth-order valence-electron chi connectivity index (χ4n) is 2.11. The van der Waals surface area contributed by atoms with Gasteiger partial charge in [0.1, 0.15) is 30.3 Å². The molecule has 2 rings (SSSR count). The molecule has 2 atom stereocenters. The van der Waals surface area contributed by atoms with Crippen LogP contribution >= 0.6 is 0 Å². The number of aliphatic hydroxyl groups is 2. The lowest BCUT2D eigenvalue weighted by Gasteiger charge is -2.15. The Kier molecular flexibility index (Phi) is 5.41. The molecule has 0 aromatic heterocycles. The van der Waals surface area contributed by atoms with Crippen LogP contribution in [0.5, 0.6) is 11.5 Å². The summed E-state index contributed by atoms with van der Waals surface area (Å²) in [6.07, 6.45) is -1.29. The highest BCUT2D eigenvalue weighted by Gasteiger charge is 2.16. The minimum atomic E-state index is -1.10. The van der Waals surface area contributed by atoms with E-state index in [1.54, 1.807) is 38.1 Å². The summed E-state index contributed by atoms with van der Waals surface area (Å²) in [5, 5.41) is 29.3. The zero-order valence-corrected chi connectivity index (χ0v) is 13.0. The molecular formula is C17H20O6. The zero-order chi connectivity index (χ0) is 17.0. The first-order chi connectivity index (χ1) is 10.9. The van der Waals surface area contributed by atoms with Crippen LogP contribution in [0.3, 0.4) is 0 Å². The van der Waals surface area contributed by atoms with E-state index in [1.165, 1.54) is 6.07 Å². The Morgan fingerprint density at radius 1 is 1.04 bits per heavy atom. The number of aromatic carboxylic acids is 1. The molecule has 0 radical (unpaired) electrons. The van der Waals surface area contributed by atoms with E-state index in [2.05, 4.69) is 0 Å². The summed E-state index contributed by atoms with van der Waals surface area (Å²) in [5.74, 6) is -0.303. The van der Waals surface area contributed by atoms with Crippen molar-refractivity contribution in [1.29, 1.82) is 0 Å². The normalized spacial score (nSPS) is 13.6. The molecule has 2 aromatic carbocycles. The van der Waals surface area contributed by atoms with Crippen LogP contribution in [0, 0.1) is 0 Å². The Hall–Kier alpha value is -2.31. The maximum atomic E-state index is 11.4. The van der Waals surface area contributed by atoms with Crippen LogP contribution in [-0.4, -0.2) is 46.7 Å². The first-order valence-electron chi connectivity index (χ1n) is 7.30. The molecule has 3 N–H and O–H groups in total. The summed E-state index contributed by atoms with van der Waals surface area (Å²) in [5.41, 5.74) is 0.0378. The van der Waals surface area contributed by atoms with Crippen LogP contribution in [0.4, 0.5) is 0 Å². The van der Waals surface area contributed by atoms with Gasteiger partial charge in [0.2, 0.25) is 0 Å². The second-order valence-corrected chi connectivity index (χ2v) is 5.45. The summed E-state index contributed by atoms with van der Waals surface area (Å²) in [7, 11) is 0. The lowest BCUT2D eigenvalue weighted by Crippen LogP contribution is -2.15. The van der Waals surface area contributed by atoms with Gasteiger partial charge in [-0.25, -0.2) is 4.79 Å². The molecule has 0 fully saturated rings. The van der Waals surface area contributed by atoms with E-state index in [0.717, 1.165) is 5.39 Å². The molecule has 124 valence electrons. The molecule has 0 heterocycles. The predicted octanol–water partition coefficient (Wildman–Crippen LogP) is 2.06. The number of rotatable bonds is 7. The van der Waals surface area contributed by atoms with Crippen molar-refractivity contribution in [2.75, 3.05) is 13.2 Å². The van der Waals surface area contributed by atoms with Crippen molar-refractivity contribution in [3.05, 3.63) is 35.9 Å². The molecule has 2 unspecified atom stereocenters. The topological polar surface area (TPSA) is 96.2 Å². The van der Waals surface area contributed by atoms with Gasteiger partial charge in [0.15, 0.2) is 0 Å². The van der Waals surface area contributed by atoms with Gasteiger partial charge in [0.25, 0.3) is 0 Å². The van der Waals surface area contributed by atoms with Crippen molar-refractivity contribution < 1.29 is 29.6 Å². The van der Waals surface area contributed by atoms with Gasteiger partial charge in [-0.15, -0.1) is 0 Å². The Balaban J connectivity index is 2.41. The first-order valence-corrected chi connectivity index (χ1v) is 7.30. The molecule has 0 amide bonds. The van der Waals surface area contributed by atoms with E-state index in [0.29, 0.717) is 11.1 Å². The largest absolute Gasteiger partial charge is 0.491 e. The third-order valence-electron chi connectivity index (χ3n) is 3.13. The van der Waals surface area contributed by atoms with Crippen molar-refractivity contribution in [3.8, 4) is 11.5 Å². The summed E-state index contributed by atoms with van der Waals surface area (Å²) >= 11 is 0. The second kappa shape index (κ2) is 7.30. The molecule has 0 aliphatic rings. The van der Waals surface area contributed by atoms with Crippen LogP contribution in [0.25, 0.3) is 10.8 Å². The molecule has 0 aliphatic carbocycles. The highest BCUT2D eigenvalue weighted by Crippen LogP contribution is 2.32. The van der Waals surface area contributed by atoms with Gasteiger partial charge in [-0.3, -0.25) is 0 Å². The van der Waals surface area contributed by atoms with Gasteiger partial charge in [0.05, 0.1) is 12.2 Å². The number of carboxylic acid groups (broad SMARTS) is 1. The summed E-state index contributed by atoms with van der Waals surface area (Å²) in [6.45, 7) is 3.36. The third kappa shape index (κ3) is 4.34. The number of carboxylic acids is 1. The van der Waals surface area contributed by atoms with Gasteiger partial charge < -0.3 is 24.8 Å². The standard InChI is InChI=1S/C17H20O6/c1-10(18)8-22-13-4-6-14-12(7-13)3-5-15(17(20)21)16(14)23-9-11(2)19/h3-7,10-11,18-19H,8-9H2,1-2H3,(H,20,21). The van der Waals surface area contributed by atoms with Gasteiger partial charge >= 0.3 is 5.97 Å². The SMILES string of the molecule is CC(O)COc1ccc2c(OCC(C)O)c(C(=O)O)ccc2c1. The minimum Gasteiger partial charge on any atom is -0.491 e. The average molecular weight is 320 g/mol. The monoisotopic (exact) mass is 320 g/mol. The summed E-state index contributed by atoms with van der Waals surface area (Å²) < 4.78 is 10.9. The van der Waals surface area contributed by atoms with Gasteiger partial charge in [-0.1, -0.05) is 6.07 Å². The van der Waals surface area contributed by atoms with Gasteiger partial charge in [-0.2, -0.15) is 0 Å². The van der Waals surface area contributed by atoms with Crippen molar-refractivity contribution in [2.24, 2.45) is 0 Å². The van der Waals surface area contributed by atoms with Crippen LogP contribution in [0.15, 0.2) is 30.3 Å². The van der Waals surface area contributed by atoms with Gasteiger partial charge in [0, 0.05) is 5.39 Å². The first kappa shape index (κ1) is 17.1. The number of aliphatic hydroxyl groups excluding tert-OH is 2. The maximum Gasteiger partial charge on any atom is 0.339 e. The highest BCUT2D eigenvalue weighted by atomic mass is 16.5. The number of benzene rings is 2. The molecule has 0 bridgehead atoms. The Morgan fingerprint density at radius 3 is 2.30 bits per heavy atom. The van der Waals surface area contributed by atoms with Crippen molar-refractivity contribution >= 4 is 16.7 Å². The third-order valence-corrected chi connectivity index (χ3v) is 3.13. The van der Waals surface area contributed by atoms with Crippen LogP contribution in [0.1, 0.15) is 24.2 Å². The molecule has 0 aliphatic heterocycles. The second-order valence-electron chi connectivity index (χ2n) is 5.45. The van der Waals surface area contributed by atoms with Gasteiger partial charge in [-0.05, 0) is 43.5 Å². The molecule has 6 nitrogen and oxygen atoms in total. The molecule has 2 aromatic rings. The molecule has 0 saturated carbocycles. The fourth-order valence-corrected chi connectivity index (χ4v) is 2.11. The average Bonchev–Trinajstić information content (AvgIpc) is 2.49. The van der Waals surface area contributed by atoms with E-state index in [-0.39, 0.29) is 24.5 Å². The predicted molar refractivity (Wildman–Crippen MR) is 85.3 cm³/mol. The number of ether oxygens (including phenoxy) is 2. The molecule has 6 heteroatoms. The molecule has 0 spiro atoms. The van der Waals surface area contributed by atoms with Crippen LogP contribution in [0.2, 0.25) is 0 Å². The van der Waals surface area contributed by atoms with Crippen LogP contribution in [-0.2, 0) is 0 Å². The molecular weight excluding hydrogens is 300 g/mol. The number of fused-ring (bicyclic) bond motifs is 1. The van der Waals surface area contributed by atoms with E-state index in [4.69, 9.17) is 9.47 Å². The molecule has 23 heavy (non-hydrogen) atoms. The molecule has 0 saturated heterocycles. The van der Waals surface area contributed by atoms with E-state index >= 15 is 0 Å².